The van der Waals surface area contributed by atoms with E-state index in [4.69, 9.17) is 9.97 Å². The molecule has 0 N–H and O–H groups in total. The molecule has 6 heteroatoms. The van der Waals surface area contributed by atoms with Gasteiger partial charge in [0.05, 0.1) is 5.75 Å². The number of nitrogens with zero attached hydrogens (tertiary/aromatic N) is 3. The molecule has 2 aromatic rings. The number of hydrogen-bond donors (Lipinski definition) is 0. The number of fused-ring (bicyclic) bond motifs is 1. The summed E-state index contributed by atoms with van der Waals surface area (Å²) in [7, 11) is 0. The molecule has 1 amide bonds. The van der Waals surface area contributed by atoms with Crippen molar-refractivity contribution in [1.82, 2.24) is 14.9 Å². The second-order valence-electron chi connectivity index (χ2n) is 7.01. The Hall–Kier alpha value is -1.14. The van der Waals surface area contributed by atoms with Crippen molar-refractivity contribution >= 4 is 39.2 Å². The topological polar surface area (TPSA) is 46.1 Å². The summed E-state index contributed by atoms with van der Waals surface area (Å²) < 4.78 is 0. The Morgan fingerprint density at radius 2 is 2.00 bits per heavy atom. The van der Waals surface area contributed by atoms with E-state index in [9.17, 15) is 4.79 Å². The number of thiophene rings is 1. The highest BCUT2D eigenvalue weighted by molar-refractivity contribution is 8.00. The molecule has 1 fully saturated rings. The molecule has 2 aromatic heterocycles. The molecule has 0 aliphatic carbocycles. The van der Waals surface area contributed by atoms with E-state index in [0.717, 1.165) is 65.8 Å². The summed E-state index contributed by atoms with van der Waals surface area (Å²) in [6, 6.07) is 0. The molecule has 3 rings (SSSR count). The standard InChI is InChI=1S/C19H27N3OS2/c1-5-6-15-20-18(17-13(3)14(4)25-19(17)21-15)24-11-16(23)22-9-7-12(2)8-10-22/h12H,5-11H2,1-4H3. The molecule has 1 saturated heterocycles. The minimum Gasteiger partial charge on any atom is -0.342 e. The number of piperidine rings is 1. The van der Waals surface area contributed by atoms with E-state index in [-0.39, 0.29) is 5.91 Å². The maximum Gasteiger partial charge on any atom is 0.232 e. The van der Waals surface area contributed by atoms with E-state index in [0.29, 0.717) is 5.75 Å². The van der Waals surface area contributed by atoms with E-state index in [1.807, 2.05) is 4.90 Å². The Balaban J connectivity index is 1.78. The fraction of sp³-hybridized carbons (Fsp3) is 0.632. The van der Waals surface area contributed by atoms with Crippen molar-refractivity contribution in [3.63, 3.8) is 0 Å². The van der Waals surface area contributed by atoms with Crippen LogP contribution in [0.5, 0.6) is 0 Å². The van der Waals surface area contributed by atoms with Gasteiger partial charge < -0.3 is 4.90 Å². The second-order valence-corrected chi connectivity index (χ2v) is 9.18. The van der Waals surface area contributed by atoms with Crippen LogP contribution in [0.1, 0.15) is 49.4 Å². The van der Waals surface area contributed by atoms with Crippen LogP contribution in [-0.2, 0) is 11.2 Å². The smallest absolute Gasteiger partial charge is 0.232 e. The maximum absolute atomic E-state index is 12.6. The fourth-order valence-corrected chi connectivity index (χ4v) is 5.29. The van der Waals surface area contributed by atoms with Crippen LogP contribution >= 0.6 is 23.1 Å². The molecule has 0 spiro atoms. The van der Waals surface area contributed by atoms with Crippen LogP contribution < -0.4 is 0 Å². The summed E-state index contributed by atoms with van der Waals surface area (Å²) in [5.74, 6) is 2.36. The highest BCUT2D eigenvalue weighted by Crippen LogP contribution is 2.35. The lowest BCUT2D eigenvalue weighted by atomic mass is 9.99. The Labute approximate surface area is 158 Å². The van der Waals surface area contributed by atoms with Gasteiger partial charge in [-0.05, 0) is 44.6 Å². The van der Waals surface area contributed by atoms with Crippen LogP contribution in [0.4, 0.5) is 0 Å². The molecular formula is C19H27N3OS2. The molecule has 0 saturated carbocycles. The number of rotatable bonds is 5. The van der Waals surface area contributed by atoms with Gasteiger partial charge in [0, 0.05) is 29.8 Å². The summed E-state index contributed by atoms with van der Waals surface area (Å²) >= 11 is 3.32. The number of thioether (sulfide) groups is 1. The minimum atomic E-state index is 0.241. The van der Waals surface area contributed by atoms with Crippen molar-refractivity contribution in [3.05, 3.63) is 16.3 Å². The van der Waals surface area contributed by atoms with Gasteiger partial charge in [0.25, 0.3) is 0 Å². The predicted molar refractivity (Wildman–Crippen MR) is 107 cm³/mol. The molecule has 0 radical (unpaired) electrons. The predicted octanol–water partition coefficient (Wildman–Crippen LogP) is 4.61. The molecular weight excluding hydrogens is 350 g/mol. The summed E-state index contributed by atoms with van der Waals surface area (Å²) in [5, 5.41) is 2.13. The van der Waals surface area contributed by atoms with Crippen LogP contribution in [0.2, 0.25) is 0 Å². The number of hydrogen-bond acceptors (Lipinski definition) is 5. The van der Waals surface area contributed by atoms with Gasteiger partial charge >= 0.3 is 0 Å². The lowest BCUT2D eigenvalue weighted by Crippen LogP contribution is -2.38. The molecule has 0 aromatic carbocycles. The summed E-state index contributed by atoms with van der Waals surface area (Å²) in [6.07, 6.45) is 4.16. The fourth-order valence-electron chi connectivity index (χ4n) is 3.17. The number of aryl methyl sites for hydroxylation is 3. The average Bonchev–Trinajstić information content (AvgIpc) is 2.88. The number of carbonyl (C=O) groups excluding carboxylic acids is 1. The highest BCUT2D eigenvalue weighted by atomic mass is 32.2. The molecule has 3 heterocycles. The maximum atomic E-state index is 12.6. The summed E-state index contributed by atoms with van der Waals surface area (Å²) in [5.41, 5.74) is 1.25. The van der Waals surface area contributed by atoms with Crippen molar-refractivity contribution in [1.29, 1.82) is 0 Å². The highest BCUT2D eigenvalue weighted by Gasteiger charge is 2.21. The Bertz CT molecular complexity index is 764. The third kappa shape index (κ3) is 4.17. The van der Waals surface area contributed by atoms with E-state index in [1.165, 1.54) is 10.4 Å². The monoisotopic (exact) mass is 377 g/mol. The zero-order chi connectivity index (χ0) is 18.0. The van der Waals surface area contributed by atoms with Gasteiger partial charge in [0.2, 0.25) is 5.91 Å². The van der Waals surface area contributed by atoms with E-state index in [2.05, 4.69) is 27.7 Å². The first-order chi connectivity index (χ1) is 12.0. The molecule has 136 valence electrons. The summed E-state index contributed by atoms with van der Waals surface area (Å²) in [4.78, 5) is 26.5. The van der Waals surface area contributed by atoms with Gasteiger partial charge in [-0.25, -0.2) is 9.97 Å². The van der Waals surface area contributed by atoms with Crippen LogP contribution in [0.3, 0.4) is 0 Å². The van der Waals surface area contributed by atoms with Gasteiger partial charge in [-0.3, -0.25) is 4.79 Å². The first-order valence-corrected chi connectivity index (χ1v) is 11.0. The van der Waals surface area contributed by atoms with Crippen LogP contribution in [0.15, 0.2) is 5.03 Å². The lowest BCUT2D eigenvalue weighted by molar-refractivity contribution is -0.129. The van der Waals surface area contributed by atoms with Crippen molar-refractivity contribution in [2.24, 2.45) is 5.92 Å². The molecule has 1 aliphatic rings. The number of carbonyl (C=O) groups is 1. The van der Waals surface area contributed by atoms with E-state index >= 15 is 0 Å². The molecule has 0 atom stereocenters. The molecule has 25 heavy (non-hydrogen) atoms. The van der Waals surface area contributed by atoms with Crippen molar-refractivity contribution in [3.8, 4) is 0 Å². The molecule has 0 bridgehead atoms. The molecule has 1 aliphatic heterocycles. The molecule has 4 nitrogen and oxygen atoms in total. The van der Waals surface area contributed by atoms with E-state index in [1.54, 1.807) is 23.1 Å². The van der Waals surface area contributed by atoms with Crippen molar-refractivity contribution < 1.29 is 4.79 Å². The number of amides is 1. The number of likely N-dealkylation sites (tertiary alicyclic amines) is 1. The van der Waals surface area contributed by atoms with Gasteiger partial charge in [0.15, 0.2) is 0 Å². The zero-order valence-corrected chi connectivity index (χ0v) is 17.2. The first kappa shape index (κ1) is 18.6. The Morgan fingerprint density at radius 1 is 1.28 bits per heavy atom. The van der Waals surface area contributed by atoms with Crippen molar-refractivity contribution in [2.75, 3.05) is 18.8 Å². The Kier molecular flexibility index (Phi) is 6.00. The van der Waals surface area contributed by atoms with Gasteiger partial charge in [-0.15, -0.1) is 11.3 Å². The van der Waals surface area contributed by atoms with Crippen molar-refractivity contribution in [2.45, 2.75) is 58.4 Å². The SMILES string of the molecule is CCCc1nc(SCC(=O)N2CCC(C)CC2)c2c(C)c(C)sc2n1. The van der Waals surface area contributed by atoms with E-state index < -0.39 is 0 Å². The minimum absolute atomic E-state index is 0.241. The lowest BCUT2D eigenvalue weighted by Gasteiger charge is -2.30. The zero-order valence-electron chi connectivity index (χ0n) is 15.6. The third-order valence-electron chi connectivity index (χ3n) is 4.98. The van der Waals surface area contributed by atoms with Gasteiger partial charge in [0.1, 0.15) is 15.7 Å². The van der Waals surface area contributed by atoms with Crippen LogP contribution in [0, 0.1) is 19.8 Å². The van der Waals surface area contributed by atoms with Crippen LogP contribution in [-0.4, -0.2) is 39.6 Å². The third-order valence-corrected chi connectivity index (χ3v) is 7.05. The first-order valence-electron chi connectivity index (χ1n) is 9.16. The van der Waals surface area contributed by atoms with Crippen LogP contribution in [0.25, 0.3) is 10.2 Å². The van der Waals surface area contributed by atoms with Gasteiger partial charge in [-0.2, -0.15) is 0 Å². The average molecular weight is 378 g/mol. The normalized spacial score (nSPS) is 15.9. The summed E-state index contributed by atoms with van der Waals surface area (Å²) in [6.45, 7) is 10.5. The molecule has 0 unspecified atom stereocenters. The largest absolute Gasteiger partial charge is 0.342 e. The Morgan fingerprint density at radius 3 is 2.68 bits per heavy atom. The second kappa shape index (κ2) is 8.04. The van der Waals surface area contributed by atoms with Gasteiger partial charge in [-0.1, -0.05) is 25.6 Å². The number of aromatic nitrogens is 2. The quantitative estimate of drug-likeness (QED) is 0.564.